The highest BCUT2D eigenvalue weighted by molar-refractivity contribution is 7.99. The number of anilines is 3. The molecule has 146 heavy (non-hydrogen) atoms. The largest absolute Gasteiger partial charge is 0.398 e. The molecule has 7 aliphatic carbocycles. The van der Waals surface area contributed by atoms with E-state index in [1.165, 1.54) is 170 Å². The van der Waals surface area contributed by atoms with E-state index in [-0.39, 0.29) is 50.5 Å². The number of aryl methyl sites for hydroxylation is 4. The molecule has 0 bridgehead atoms. The molecule has 0 spiro atoms. The minimum absolute atomic E-state index is 0.137. The summed E-state index contributed by atoms with van der Waals surface area (Å²) >= 11 is 3.55. The number of nitrogens with two attached hydrogens (primary N) is 3. The molecular formula is C118H177N19O7S2. The Balaban J connectivity index is 0.000000190. The van der Waals surface area contributed by atoms with Crippen LogP contribution in [0.25, 0.3) is 39.0 Å². The zero-order chi connectivity index (χ0) is 104. The van der Waals surface area contributed by atoms with Gasteiger partial charge in [-0.1, -0.05) is 200 Å². The fraction of sp³-hybridized carbons (Fsp3) is 0.585. The fourth-order valence-electron chi connectivity index (χ4n) is 19.6. The first kappa shape index (κ1) is 120. The van der Waals surface area contributed by atoms with Crippen molar-refractivity contribution in [2.24, 2.45) is 23.7 Å². The van der Waals surface area contributed by atoms with Gasteiger partial charge in [0.05, 0.1) is 65.9 Å². The molecule has 8 aromatic heterocycles. The van der Waals surface area contributed by atoms with E-state index >= 15 is 0 Å². The standard InChI is InChI=1S/C21H34N2O.C17H20N4OS.C17H27N3O.C16H25N3OS.C16H25N3O.C16H24N2O.C15H22N2O/c1-3-4-5-6-7-8-9-10-18(15-24)11-12-19-13-14-20-17(2)22-16-23-21(19)20;1-12-15-5-4-14(17(15)21-11-20-12)3-2-13(9-22)10-23-16-8-18-6-7-19-16;1-2-3-4-5-6-14(12-21)20-11-13-7-8-15-16(18)9-10-19-17(13)15;1-2-3-8-21-11-13(10-20)19-9-12-4-5-14-15(17)6-7-18-16(12)14;1-2-3-4-5-13(11-20)19-10-12-6-7-14-15(17)8-9-18-16(12)14;1-3-4-5-13(10-19)6-7-14-8-9-15-12(2)17-11-18-16(14)15;1-3-4-12(9-18)5-6-13-7-8-14-11(2)16-10-17-15(13)14/h13,16,18,24H,3-12,14-15H2,1-2H3;4,6-8,11,13,22H,2-3,5,9-10H2,1H3;7,9-10,14,20-21H,2-6,8,11-12H2,1H3,(H2,18,19);4,6-7,13,19-20H,2-3,5,8-11H2,1H3,(H2,17,18);6,8-9,13,19-20H,2-5,7,10-11H2,1H3,(H2,17,18);8,11,13,19H,3-7,9-10H2,1-2H3;7,10,12,18H,3-6,8-9H2,1-2H3/t18-;13-;14-;3*13-;12-/m1101011/s1. The Morgan fingerprint density at radius 1 is 0.288 bits per heavy atom. The molecule has 0 aliphatic heterocycles. The molecular weight excluding hydrogens is 1860 g/mol. The van der Waals surface area contributed by atoms with Gasteiger partial charge in [0.25, 0.3) is 0 Å². The van der Waals surface area contributed by atoms with E-state index in [0.717, 1.165) is 280 Å². The fourth-order valence-corrected chi connectivity index (χ4v) is 21.7. The lowest BCUT2D eigenvalue weighted by molar-refractivity contribution is 0.208. The van der Waals surface area contributed by atoms with E-state index in [1.807, 2.05) is 43.8 Å². The van der Waals surface area contributed by atoms with Gasteiger partial charge >= 0.3 is 0 Å². The average Bonchev–Trinajstić information content (AvgIpc) is 1.71. The van der Waals surface area contributed by atoms with Gasteiger partial charge in [-0.15, -0.1) is 11.8 Å². The lowest BCUT2D eigenvalue weighted by atomic mass is 9.94. The zero-order valence-corrected chi connectivity index (χ0v) is 91.5. The maximum Gasteiger partial charge on any atom is 0.116 e. The summed E-state index contributed by atoms with van der Waals surface area (Å²) in [4.78, 5) is 56.4. The molecule has 26 nitrogen and oxygen atoms in total. The van der Waals surface area contributed by atoms with Crippen LogP contribution in [0.4, 0.5) is 17.1 Å². The van der Waals surface area contributed by atoms with Crippen LogP contribution in [0.3, 0.4) is 0 Å². The van der Waals surface area contributed by atoms with Crippen LogP contribution in [0.2, 0.25) is 0 Å². The zero-order valence-electron chi connectivity index (χ0n) is 89.9. The number of hydrogen-bond donors (Lipinski definition) is 13. The highest BCUT2D eigenvalue weighted by Gasteiger charge is 2.28. The van der Waals surface area contributed by atoms with Gasteiger partial charge in [0.15, 0.2) is 0 Å². The monoisotopic (exact) mass is 2040 g/mol. The molecule has 15 rings (SSSR count). The van der Waals surface area contributed by atoms with Gasteiger partial charge in [0.1, 0.15) is 30.3 Å². The third kappa shape index (κ3) is 39.6. The number of allylic oxidation sites excluding steroid dienone is 11. The maximum absolute atomic E-state index is 9.67. The third-order valence-corrected chi connectivity index (χ3v) is 31.4. The van der Waals surface area contributed by atoms with Gasteiger partial charge in [0.2, 0.25) is 0 Å². The molecule has 7 atom stereocenters. The van der Waals surface area contributed by atoms with Crippen molar-refractivity contribution in [2.45, 2.75) is 343 Å². The number of aromatic nitrogens is 13. The molecule has 0 radical (unpaired) electrons. The van der Waals surface area contributed by atoms with Crippen molar-refractivity contribution in [1.29, 1.82) is 0 Å². The summed E-state index contributed by atoms with van der Waals surface area (Å²) in [7, 11) is 0. The predicted molar refractivity (Wildman–Crippen MR) is 606 cm³/mol. The topological polar surface area (TPSA) is 423 Å². The smallest absolute Gasteiger partial charge is 0.116 e. The second-order valence-electron chi connectivity index (χ2n) is 40.0. The Morgan fingerprint density at radius 3 is 0.966 bits per heavy atom. The van der Waals surface area contributed by atoms with Crippen molar-refractivity contribution in [3.63, 3.8) is 0 Å². The molecule has 16 N–H and O–H groups in total. The van der Waals surface area contributed by atoms with Crippen LogP contribution < -0.4 is 33.2 Å². The maximum atomic E-state index is 9.67. The summed E-state index contributed by atoms with van der Waals surface area (Å²) in [6.07, 6.45) is 76.7. The number of aliphatic hydroxyl groups excluding tert-OH is 7. The molecule has 0 amide bonds. The van der Waals surface area contributed by atoms with Gasteiger partial charge in [-0.3, -0.25) is 19.9 Å². The molecule has 8 aromatic rings. The van der Waals surface area contributed by atoms with E-state index < -0.39 is 0 Å². The molecule has 798 valence electrons. The number of rotatable bonds is 58. The number of nitrogens with zero attached hydrogens (tertiary/aromatic N) is 13. The Labute approximate surface area is 882 Å². The van der Waals surface area contributed by atoms with Gasteiger partial charge in [-0.2, -0.15) is 11.8 Å². The van der Waals surface area contributed by atoms with Crippen LogP contribution in [-0.2, 0) is 44.9 Å². The third-order valence-electron chi connectivity index (χ3n) is 29.1. The molecule has 0 fully saturated rings. The molecule has 8 heterocycles. The Hall–Kier alpha value is -9.27. The first-order valence-electron chi connectivity index (χ1n) is 55.0. The highest BCUT2D eigenvalue weighted by atomic mass is 32.2. The van der Waals surface area contributed by atoms with Crippen molar-refractivity contribution in [2.75, 3.05) is 100 Å². The number of unbranched alkanes of at least 4 members (excludes halogenated alkanes) is 13. The van der Waals surface area contributed by atoms with E-state index in [0.29, 0.717) is 37.6 Å². The average molecular weight is 2040 g/mol. The van der Waals surface area contributed by atoms with Crippen LogP contribution in [0.15, 0.2) is 128 Å². The quantitative estimate of drug-likeness (QED) is 0.0124. The Kier molecular flexibility index (Phi) is 57.0. The molecule has 0 unspecified atom stereocenters. The SMILES string of the molecule is CCCCCCCCC[C@@H](CO)CCC1=CCc2c(C)ncnc21.CCCCCC[C@@H](CO)NCC1=CCc2c(N)ccnc21.CCCCC[C@@H](CO)NCC1=CCc2c(N)ccnc21.CCCCSC[C@@H](CO)NCC1=CCc2c(N)ccnc21.CCCC[C@@H](CO)CCC1=CCc2c(C)ncnc21.CCC[C@@H](CO)CCC1=CCc2c(C)ncnc21.Cc1ncnc2c1CC=C2CC[C@H](CO)CSc1cnccn1. The number of nitrogens with one attached hydrogen (secondary N) is 3. The number of pyridine rings is 3. The van der Waals surface area contributed by atoms with E-state index in [9.17, 15) is 35.7 Å². The van der Waals surface area contributed by atoms with Crippen LogP contribution >= 0.6 is 23.5 Å². The van der Waals surface area contributed by atoms with Crippen LogP contribution in [0.5, 0.6) is 0 Å². The van der Waals surface area contributed by atoms with Crippen molar-refractivity contribution in [3.05, 3.63) is 225 Å². The second-order valence-corrected chi connectivity index (χ2v) is 42.2. The minimum atomic E-state index is 0.137. The van der Waals surface area contributed by atoms with Gasteiger partial charge in [-0.25, -0.2) is 44.9 Å². The number of aliphatic hydroxyl groups is 7. The predicted octanol–water partition coefficient (Wildman–Crippen LogP) is 20.9. The van der Waals surface area contributed by atoms with Crippen LogP contribution in [-0.4, -0.2) is 202 Å². The summed E-state index contributed by atoms with van der Waals surface area (Å²) < 4.78 is 0. The number of nitrogen functional groups attached to an aromatic ring is 3. The molecule has 0 saturated carbocycles. The summed E-state index contributed by atoms with van der Waals surface area (Å²) in [5.74, 6) is 4.51. The first-order chi connectivity index (χ1) is 71.3. The number of hydrogen-bond acceptors (Lipinski definition) is 28. The summed E-state index contributed by atoms with van der Waals surface area (Å²) in [6, 6.07) is 6.04. The number of thioether (sulfide) groups is 2. The Morgan fingerprint density at radius 2 is 0.603 bits per heavy atom. The first-order valence-corrected chi connectivity index (χ1v) is 57.2. The molecule has 7 aliphatic rings. The van der Waals surface area contributed by atoms with Crippen molar-refractivity contribution in [3.8, 4) is 0 Å². The normalized spacial score (nSPS) is 14.9. The van der Waals surface area contributed by atoms with Gasteiger partial charge < -0.3 is 68.9 Å². The molecule has 0 aromatic carbocycles. The lowest BCUT2D eigenvalue weighted by Gasteiger charge is -2.17. The molecule has 0 saturated heterocycles. The summed E-state index contributed by atoms with van der Waals surface area (Å²) in [5.41, 5.74) is 49.7. The summed E-state index contributed by atoms with van der Waals surface area (Å²) in [6.45, 7) is 25.3. The molecule has 28 heteroatoms. The lowest BCUT2D eigenvalue weighted by Crippen LogP contribution is -2.35. The van der Waals surface area contributed by atoms with E-state index in [4.69, 9.17) is 17.2 Å². The van der Waals surface area contributed by atoms with Gasteiger partial charge in [0, 0.05) is 185 Å². The summed E-state index contributed by atoms with van der Waals surface area (Å²) in [5, 5.41) is 77.6. The van der Waals surface area contributed by atoms with Crippen molar-refractivity contribution in [1.82, 2.24) is 80.7 Å². The second kappa shape index (κ2) is 69.2. The van der Waals surface area contributed by atoms with Gasteiger partial charge in [-0.05, 0) is 249 Å². The van der Waals surface area contributed by atoms with Crippen LogP contribution in [0, 0.1) is 51.4 Å². The van der Waals surface area contributed by atoms with E-state index in [2.05, 4.69) is 179 Å². The Bertz CT molecular complexity index is 5290. The van der Waals surface area contributed by atoms with Crippen molar-refractivity contribution >= 4 is 79.6 Å². The minimum Gasteiger partial charge on any atom is -0.398 e. The van der Waals surface area contributed by atoms with Crippen LogP contribution in [0.1, 0.15) is 349 Å². The van der Waals surface area contributed by atoms with Crippen molar-refractivity contribution < 1.29 is 35.7 Å². The number of fused-ring (bicyclic) bond motifs is 7. The van der Waals surface area contributed by atoms with E-state index in [1.54, 1.807) is 74.3 Å². The highest BCUT2D eigenvalue weighted by Crippen LogP contribution is 2.39.